The highest BCUT2D eigenvalue weighted by atomic mass is 14.9. The monoisotopic (exact) mass is 232 g/mol. The highest BCUT2D eigenvalue weighted by Gasteiger charge is 2.06. The van der Waals surface area contributed by atoms with E-state index in [1.54, 1.807) is 0 Å². The normalized spacial score (nSPS) is 10.0. The van der Waals surface area contributed by atoms with Gasteiger partial charge in [0.05, 0.1) is 0 Å². The molecule has 0 bridgehead atoms. The number of unbranched alkanes of at least 4 members (excludes halogenated alkanes) is 1. The summed E-state index contributed by atoms with van der Waals surface area (Å²) in [4.78, 5) is 0. The summed E-state index contributed by atoms with van der Waals surface area (Å²) in [5, 5.41) is 6.87. The minimum Gasteiger partial charge on any atom is -0.385 e. The van der Waals surface area contributed by atoms with Crippen molar-refractivity contribution in [2.45, 2.75) is 33.1 Å². The molecule has 0 amide bonds. The quantitative estimate of drug-likeness (QED) is 0.522. The molecular weight excluding hydrogens is 208 g/mol. The van der Waals surface area contributed by atoms with Crippen molar-refractivity contribution in [3.63, 3.8) is 0 Å². The van der Waals surface area contributed by atoms with Crippen LogP contribution in [-0.4, -0.2) is 13.1 Å². The first-order valence-corrected chi connectivity index (χ1v) is 6.54. The molecule has 0 aliphatic carbocycles. The van der Waals surface area contributed by atoms with Gasteiger partial charge in [0.1, 0.15) is 0 Å². The first-order chi connectivity index (χ1) is 8.33. The van der Waals surface area contributed by atoms with E-state index in [2.05, 4.69) is 49.3 Å². The highest BCUT2D eigenvalue weighted by Crippen LogP contribution is 2.26. The van der Waals surface area contributed by atoms with Crippen molar-refractivity contribution < 1.29 is 0 Å². The summed E-state index contributed by atoms with van der Waals surface area (Å²) >= 11 is 0. The molecule has 2 heteroatoms. The van der Waals surface area contributed by atoms with Gasteiger partial charge >= 0.3 is 0 Å². The number of rotatable bonds is 8. The van der Waals surface area contributed by atoms with Crippen LogP contribution in [0.25, 0.3) is 0 Å². The van der Waals surface area contributed by atoms with E-state index in [0.29, 0.717) is 0 Å². The average molecular weight is 232 g/mol. The van der Waals surface area contributed by atoms with E-state index in [4.69, 9.17) is 0 Å². The molecule has 0 spiro atoms. The predicted molar refractivity (Wildman–Crippen MR) is 77.9 cm³/mol. The Kier molecular flexibility index (Phi) is 6.23. The lowest BCUT2D eigenvalue weighted by Gasteiger charge is -2.16. The van der Waals surface area contributed by atoms with Gasteiger partial charge in [-0.15, -0.1) is 6.58 Å². The molecule has 0 aliphatic heterocycles. The first-order valence-electron chi connectivity index (χ1n) is 6.54. The molecule has 0 fully saturated rings. The molecule has 0 saturated heterocycles. The molecule has 1 aromatic carbocycles. The summed E-state index contributed by atoms with van der Waals surface area (Å²) in [6, 6.07) is 6.42. The van der Waals surface area contributed by atoms with Gasteiger partial charge in [0.15, 0.2) is 0 Å². The fourth-order valence-corrected chi connectivity index (χ4v) is 1.99. The molecule has 1 aromatic rings. The van der Waals surface area contributed by atoms with Crippen LogP contribution in [-0.2, 0) is 6.42 Å². The van der Waals surface area contributed by atoms with Crippen molar-refractivity contribution in [3.05, 3.63) is 36.4 Å². The summed E-state index contributed by atoms with van der Waals surface area (Å²) in [5.74, 6) is 0. The number of nitrogens with one attached hydrogen (secondary N) is 2. The largest absolute Gasteiger partial charge is 0.385 e. The van der Waals surface area contributed by atoms with Crippen molar-refractivity contribution in [3.8, 4) is 0 Å². The third-order valence-corrected chi connectivity index (χ3v) is 2.75. The molecule has 0 aromatic heterocycles. The van der Waals surface area contributed by atoms with Gasteiger partial charge in [0.2, 0.25) is 0 Å². The van der Waals surface area contributed by atoms with E-state index in [1.807, 2.05) is 6.08 Å². The van der Waals surface area contributed by atoms with E-state index in [1.165, 1.54) is 16.9 Å². The SMILES string of the molecule is C=CCCCc1c(NCC)cccc1NCC. The second-order valence-electron chi connectivity index (χ2n) is 4.07. The molecule has 2 N–H and O–H groups in total. The summed E-state index contributed by atoms with van der Waals surface area (Å²) < 4.78 is 0. The van der Waals surface area contributed by atoms with Crippen molar-refractivity contribution >= 4 is 11.4 Å². The lowest BCUT2D eigenvalue weighted by molar-refractivity contribution is 0.844. The van der Waals surface area contributed by atoms with Gasteiger partial charge in [-0.05, 0) is 50.8 Å². The van der Waals surface area contributed by atoms with Crippen molar-refractivity contribution in [2.75, 3.05) is 23.7 Å². The summed E-state index contributed by atoms with van der Waals surface area (Å²) in [6.07, 6.45) is 5.32. The Morgan fingerprint density at radius 2 is 1.71 bits per heavy atom. The molecular formula is C15H24N2. The summed E-state index contributed by atoms with van der Waals surface area (Å²) in [7, 11) is 0. The van der Waals surface area contributed by atoms with Gasteiger partial charge in [-0.3, -0.25) is 0 Å². The predicted octanol–water partition coefficient (Wildman–Crippen LogP) is 4.06. The van der Waals surface area contributed by atoms with Crippen LogP contribution in [0.4, 0.5) is 11.4 Å². The molecule has 94 valence electrons. The lowest BCUT2D eigenvalue weighted by Crippen LogP contribution is -2.06. The fourth-order valence-electron chi connectivity index (χ4n) is 1.99. The Balaban J connectivity index is 2.87. The van der Waals surface area contributed by atoms with Crippen LogP contribution >= 0.6 is 0 Å². The maximum Gasteiger partial charge on any atom is 0.0393 e. The van der Waals surface area contributed by atoms with Gasteiger partial charge in [-0.25, -0.2) is 0 Å². The first kappa shape index (κ1) is 13.6. The molecule has 0 saturated carbocycles. The van der Waals surface area contributed by atoms with Crippen molar-refractivity contribution in [1.29, 1.82) is 0 Å². The van der Waals surface area contributed by atoms with Crippen LogP contribution in [0.2, 0.25) is 0 Å². The second kappa shape index (κ2) is 7.77. The maximum atomic E-state index is 3.78. The van der Waals surface area contributed by atoms with Gasteiger partial charge in [-0.1, -0.05) is 12.1 Å². The minimum atomic E-state index is 0.962. The zero-order valence-corrected chi connectivity index (χ0v) is 11.1. The number of benzene rings is 1. The zero-order valence-electron chi connectivity index (χ0n) is 11.1. The topological polar surface area (TPSA) is 24.1 Å². The smallest absolute Gasteiger partial charge is 0.0393 e. The molecule has 0 heterocycles. The Labute approximate surface area is 105 Å². The van der Waals surface area contributed by atoms with Gasteiger partial charge in [-0.2, -0.15) is 0 Å². The zero-order chi connectivity index (χ0) is 12.5. The van der Waals surface area contributed by atoms with E-state index < -0.39 is 0 Å². The molecule has 0 atom stereocenters. The van der Waals surface area contributed by atoms with Crippen molar-refractivity contribution in [2.24, 2.45) is 0 Å². The highest BCUT2D eigenvalue weighted by molar-refractivity contribution is 5.65. The second-order valence-corrected chi connectivity index (χ2v) is 4.07. The summed E-state index contributed by atoms with van der Waals surface area (Å²) in [5.41, 5.74) is 3.92. The number of hydrogen-bond donors (Lipinski definition) is 2. The van der Waals surface area contributed by atoms with Crippen LogP contribution in [0.3, 0.4) is 0 Å². The Morgan fingerprint density at radius 3 is 2.18 bits per heavy atom. The third kappa shape index (κ3) is 4.14. The molecule has 2 nitrogen and oxygen atoms in total. The standard InChI is InChI=1S/C15H24N2/c1-4-7-8-10-13-14(16-5-2)11-9-12-15(13)17-6-3/h4,9,11-12,16-17H,1,5-8,10H2,2-3H3. The van der Waals surface area contributed by atoms with E-state index in [0.717, 1.165) is 32.4 Å². The van der Waals surface area contributed by atoms with Crippen LogP contribution in [0.5, 0.6) is 0 Å². The Bertz CT molecular complexity index is 321. The van der Waals surface area contributed by atoms with Gasteiger partial charge in [0, 0.05) is 24.5 Å². The maximum absolute atomic E-state index is 3.78. The minimum absolute atomic E-state index is 0.962. The molecule has 0 aliphatic rings. The van der Waals surface area contributed by atoms with Crippen LogP contribution < -0.4 is 10.6 Å². The Morgan fingerprint density at radius 1 is 1.12 bits per heavy atom. The number of anilines is 2. The Hall–Kier alpha value is -1.44. The summed E-state index contributed by atoms with van der Waals surface area (Å²) in [6.45, 7) is 9.97. The average Bonchev–Trinajstić information content (AvgIpc) is 2.33. The number of allylic oxidation sites excluding steroid dienone is 1. The van der Waals surface area contributed by atoms with Crippen LogP contribution in [0, 0.1) is 0 Å². The lowest BCUT2D eigenvalue weighted by atomic mass is 10.0. The third-order valence-electron chi connectivity index (χ3n) is 2.75. The molecule has 0 unspecified atom stereocenters. The molecule has 0 radical (unpaired) electrons. The van der Waals surface area contributed by atoms with E-state index in [9.17, 15) is 0 Å². The molecule has 1 rings (SSSR count). The molecule has 17 heavy (non-hydrogen) atoms. The van der Waals surface area contributed by atoms with Gasteiger partial charge < -0.3 is 10.6 Å². The van der Waals surface area contributed by atoms with Gasteiger partial charge in [0.25, 0.3) is 0 Å². The van der Waals surface area contributed by atoms with Crippen LogP contribution in [0.1, 0.15) is 32.3 Å². The van der Waals surface area contributed by atoms with E-state index >= 15 is 0 Å². The van der Waals surface area contributed by atoms with Crippen LogP contribution in [0.15, 0.2) is 30.9 Å². The van der Waals surface area contributed by atoms with E-state index in [-0.39, 0.29) is 0 Å². The number of hydrogen-bond acceptors (Lipinski definition) is 2. The van der Waals surface area contributed by atoms with Crippen molar-refractivity contribution in [1.82, 2.24) is 0 Å². The fraction of sp³-hybridized carbons (Fsp3) is 0.467.